The summed E-state index contributed by atoms with van der Waals surface area (Å²) in [6.45, 7) is 0. The van der Waals surface area contributed by atoms with Crippen LogP contribution in [0.25, 0.3) is 11.1 Å². The van der Waals surface area contributed by atoms with Crippen LogP contribution < -0.4 is 0 Å². The molecule has 0 aliphatic carbocycles. The van der Waals surface area contributed by atoms with E-state index >= 15 is 0 Å². The van der Waals surface area contributed by atoms with Crippen molar-refractivity contribution in [1.82, 2.24) is 0 Å². The Morgan fingerprint density at radius 1 is 0.947 bits per heavy atom. The van der Waals surface area contributed by atoms with Crippen molar-refractivity contribution in [3.63, 3.8) is 0 Å². The van der Waals surface area contributed by atoms with Gasteiger partial charge in [0.1, 0.15) is 0 Å². The normalized spacial score (nSPS) is 12.2. The Bertz CT molecular complexity index is 609. The first-order valence-electron chi connectivity index (χ1n) is 5.45. The average molecular weight is 264 g/mol. The smallest absolute Gasteiger partial charge is 0.337 e. The molecule has 1 unspecified atom stereocenters. The van der Waals surface area contributed by atoms with E-state index in [4.69, 9.17) is 5.11 Å². The van der Waals surface area contributed by atoms with Crippen molar-refractivity contribution in [2.45, 2.75) is 6.10 Å². The third-order valence-electron chi connectivity index (χ3n) is 2.71. The predicted molar refractivity (Wildman–Crippen MR) is 64.4 cm³/mol. The lowest BCUT2D eigenvalue weighted by molar-refractivity contribution is -0.146. The number of carboxylic acids is 1. The fraction of sp³-hybridized carbons (Fsp3) is 0.0714. The molecule has 0 amide bonds. The second-order valence-corrected chi connectivity index (χ2v) is 3.99. The van der Waals surface area contributed by atoms with Crippen molar-refractivity contribution in [2.24, 2.45) is 0 Å². The van der Waals surface area contributed by atoms with E-state index in [-0.39, 0.29) is 5.56 Å². The Kier molecular flexibility index (Phi) is 3.57. The summed E-state index contributed by atoms with van der Waals surface area (Å²) in [5, 5.41) is 18.0. The lowest BCUT2D eigenvalue weighted by atomic mass is 10.0. The van der Waals surface area contributed by atoms with E-state index in [1.54, 1.807) is 0 Å². The molecule has 0 radical (unpaired) electrons. The summed E-state index contributed by atoms with van der Waals surface area (Å²) >= 11 is 0. The molecule has 1 atom stereocenters. The SMILES string of the molecule is O=C(O)C(O)c1ccc(-c2ccc(F)c(F)c2)cc1. The van der Waals surface area contributed by atoms with E-state index in [1.165, 1.54) is 30.3 Å². The van der Waals surface area contributed by atoms with Gasteiger partial charge in [0.05, 0.1) is 0 Å². The van der Waals surface area contributed by atoms with Gasteiger partial charge in [-0.15, -0.1) is 0 Å². The van der Waals surface area contributed by atoms with Crippen LogP contribution in [0.15, 0.2) is 42.5 Å². The van der Waals surface area contributed by atoms with Crippen LogP contribution in [0.1, 0.15) is 11.7 Å². The van der Waals surface area contributed by atoms with Gasteiger partial charge >= 0.3 is 5.97 Å². The Hall–Kier alpha value is -2.27. The van der Waals surface area contributed by atoms with Crippen LogP contribution in [-0.2, 0) is 4.79 Å². The number of benzene rings is 2. The third-order valence-corrected chi connectivity index (χ3v) is 2.71. The molecule has 3 nitrogen and oxygen atoms in total. The van der Waals surface area contributed by atoms with Gasteiger partial charge < -0.3 is 10.2 Å². The zero-order valence-electron chi connectivity index (χ0n) is 9.68. The van der Waals surface area contributed by atoms with E-state index in [9.17, 15) is 18.7 Å². The summed E-state index contributed by atoms with van der Waals surface area (Å²) in [5.74, 6) is -3.23. The standard InChI is InChI=1S/C14H10F2O3/c15-11-6-5-10(7-12(11)16)8-1-3-9(4-2-8)13(17)14(18)19/h1-7,13,17H,(H,18,19). The molecule has 0 spiro atoms. The number of halogens is 2. The Balaban J connectivity index is 2.32. The lowest BCUT2D eigenvalue weighted by Crippen LogP contribution is -2.10. The number of hydrogen-bond acceptors (Lipinski definition) is 2. The Morgan fingerprint density at radius 3 is 2.05 bits per heavy atom. The van der Waals surface area contributed by atoms with Crippen molar-refractivity contribution < 1.29 is 23.8 Å². The molecular formula is C14H10F2O3. The van der Waals surface area contributed by atoms with E-state index in [2.05, 4.69) is 0 Å². The van der Waals surface area contributed by atoms with Crippen molar-refractivity contribution in [3.05, 3.63) is 59.7 Å². The average Bonchev–Trinajstić information content (AvgIpc) is 2.41. The predicted octanol–water partition coefficient (Wildman–Crippen LogP) is 2.75. The fourth-order valence-electron chi connectivity index (χ4n) is 1.68. The molecule has 2 aromatic rings. The van der Waals surface area contributed by atoms with E-state index in [1.807, 2.05) is 0 Å². The molecule has 0 aliphatic heterocycles. The highest BCUT2D eigenvalue weighted by molar-refractivity contribution is 5.74. The number of rotatable bonds is 3. The first kappa shape index (κ1) is 13.2. The van der Waals surface area contributed by atoms with Crippen LogP contribution in [0.4, 0.5) is 8.78 Å². The number of carbonyl (C=O) groups is 1. The molecule has 0 aromatic heterocycles. The molecule has 19 heavy (non-hydrogen) atoms. The molecule has 2 aromatic carbocycles. The maximum atomic E-state index is 13.1. The quantitative estimate of drug-likeness (QED) is 0.896. The molecule has 98 valence electrons. The second kappa shape index (κ2) is 5.16. The molecule has 2 N–H and O–H groups in total. The molecule has 2 rings (SSSR count). The van der Waals surface area contributed by atoms with Gasteiger partial charge in [0.15, 0.2) is 17.7 Å². The van der Waals surface area contributed by atoms with Crippen LogP contribution in [0.5, 0.6) is 0 Å². The zero-order chi connectivity index (χ0) is 14.0. The van der Waals surface area contributed by atoms with Gasteiger partial charge in [0.2, 0.25) is 0 Å². The van der Waals surface area contributed by atoms with Gasteiger partial charge in [0.25, 0.3) is 0 Å². The first-order chi connectivity index (χ1) is 8.99. The van der Waals surface area contributed by atoms with Gasteiger partial charge in [-0.3, -0.25) is 0 Å². The number of carboxylic acid groups (broad SMARTS) is 1. The van der Waals surface area contributed by atoms with Crippen molar-refractivity contribution in [2.75, 3.05) is 0 Å². The number of aliphatic hydroxyl groups excluding tert-OH is 1. The van der Waals surface area contributed by atoms with Gasteiger partial charge in [-0.2, -0.15) is 0 Å². The molecule has 0 saturated carbocycles. The van der Waals surface area contributed by atoms with Crippen LogP contribution in [-0.4, -0.2) is 16.2 Å². The number of hydrogen-bond donors (Lipinski definition) is 2. The lowest BCUT2D eigenvalue weighted by Gasteiger charge is -2.07. The molecule has 0 fully saturated rings. The van der Waals surface area contributed by atoms with E-state index < -0.39 is 23.7 Å². The van der Waals surface area contributed by atoms with Crippen LogP contribution in [0.3, 0.4) is 0 Å². The summed E-state index contributed by atoms with van der Waals surface area (Å²) in [5.41, 5.74) is 1.29. The topological polar surface area (TPSA) is 57.5 Å². The highest BCUT2D eigenvalue weighted by Crippen LogP contribution is 2.23. The molecule has 0 saturated heterocycles. The van der Waals surface area contributed by atoms with Crippen LogP contribution in [0, 0.1) is 11.6 Å². The summed E-state index contributed by atoms with van der Waals surface area (Å²) in [7, 11) is 0. The van der Waals surface area contributed by atoms with E-state index in [0.29, 0.717) is 11.1 Å². The monoisotopic (exact) mass is 264 g/mol. The summed E-state index contributed by atoms with van der Waals surface area (Å²) < 4.78 is 25.9. The molecule has 0 bridgehead atoms. The zero-order valence-corrected chi connectivity index (χ0v) is 9.68. The minimum Gasteiger partial charge on any atom is -0.479 e. The Labute approximate surface area is 107 Å². The number of aliphatic carboxylic acids is 1. The maximum absolute atomic E-state index is 13.1. The van der Waals surface area contributed by atoms with E-state index in [0.717, 1.165) is 12.1 Å². The van der Waals surface area contributed by atoms with Crippen molar-refractivity contribution in [1.29, 1.82) is 0 Å². The summed E-state index contributed by atoms with van der Waals surface area (Å²) in [6.07, 6.45) is -1.60. The first-order valence-corrected chi connectivity index (χ1v) is 5.45. The highest BCUT2D eigenvalue weighted by Gasteiger charge is 2.15. The van der Waals surface area contributed by atoms with Gasteiger partial charge in [0, 0.05) is 0 Å². The largest absolute Gasteiger partial charge is 0.479 e. The van der Waals surface area contributed by atoms with Crippen molar-refractivity contribution >= 4 is 5.97 Å². The molecule has 0 aliphatic rings. The third kappa shape index (κ3) is 2.77. The van der Waals surface area contributed by atoms with Crippen LogP contribution in [0.2, 0.25) is 0 Å². The van der Waals surface area contributed by atoms with Crippen LogP contribution >= 0.6 is 0 Å². The summed E-state index contributed by atoms with van der Waals surface area (Å²) in [6, 6.07) is 9.41. The molecule has 0 heterocycles. The highest BCUT2D eigenvalue weighted by atomic mass is 19.2. The molecule has 5 heteroatoms. The minimum absolute atomic E-state index is 0.221. The van der Waals surface area contributed by atoms with Crippen molar-refractivity contribution in [3.8, 4) is 11.1 Å². The minimum atomic E-state index is -1.60. The Morgan fingerprint density at radius 2 is 1.53 bits per heavy atom. The number of aliphatic hydroxyl groups is 1. The molecular weight excluding hydrogens is 254 g/mol. The summed E-state index contributed by atoms with van der Waals surface area (Å²) in [4.78, 5) is 10.6. The maximum Gasteiger partial charge on any atom is 0.337 e. The fourth-order valence-corrected chi connectivity index (χ4v) is 1.68. The second-order valence-electron chi connectivity index (χ2n) is 3.99. The van der Waals surface area contributed by atoms with Gasteiger partial charge in [-0.25, -0.2) is 13.6 Å². The van der Waals surface area contributed by atoms with Gasteiger partial charge in [-0.1, -0.05) is 30.3 Å². The van der Waals surface area contributed by atoms with Gasteiger partial charge in [-0.05, 0) is 28.8 Å².